The number of ether oxygens (including phenoxy) is 2. The molecule has 0 spiro atoms. The van der Waals surface area contributed by atoms with E-state index in [2.05, 4.69) is 25.9 Å². The summed E-state index contributed by atoms with van der Waals surface area (Å²) in [6.07, 6.45) is 6.85. The van der Waals surface area contributed by atoms with Crippen molar-refractivity contribution in [1.29, 1.82) is 0 Å². The Labute approximate surface area is 173 Å². The molecule has 3 N–H and O–H groups in total. The van der Waals surface area contributed by atoms with E-state index in [9.17, 15) is 4.79 Å². The highest BCUT2D eigenvalue weighted by molar-refractivity contribution is 5.80. The summed E-state index contributed by atoms with van der Waals surface area (Å²) in [5.74, 6) is 1.54. The minimum Gasteiger partial charge on any atom is -0.490 e. The molecule has 0 bridgehead atoms. The molecular formula is C21H35N5O3. The molecule has 0 saturated heterocycles. The van der Waals surface area contributed by atoms with E-state index < -0.39 is 5.60 Å². The number of hydrogen-bond donors (Lipinski definition) is 3. The van der Waals surface area contributed by atoms with E-state index in [1.165, 1.54) is 0 Å². The first-order valence-electron chi connectivity index (χ1n) is 10.4. The third-order valence-corrected chi connectivity index (χ3v) is 4.40. The third kappa shape index (κ3) is 9.49. The van der Waals surface area contributed by atoms with Gasteiger partial charge in [-0.15, -0.1) is 0 Å². The summed E-state index contributed by atoms with van der Waals surface area (Å²) < 4.78 is 11.0. The maximum Gasteiger partial charge on any atom is 0.407 e. The van der Waals surface area contributed by atoms with E-state index in [4.69, 9.17) is 9.47 Å². The van der Waals surface area contributed by atoms with Gasteiger partial charge in [0.1, 0.15) is 18.0 Å². The van der Waals surface area contributed by atoms with Gasteiger partial charge in [-0.05, 0) is 65.5 Å². The molecule has 1 heterocycles. The number of rotatable bonds is 7. The van der Waals surface area contributed by atoms with Crippen molar-refractivity contribution in [2.75, 3.05) is 19.7 Å². The van der Waals surface area contributed by atoms with Crippen molar-refractivity contribution in [2.45, 2.75) is 71.1 Å². The fourth-order valence-corrected chi connectivity index (χ4v) is 3.12. The van der Waals surface area contributed by atoms with E-state index in [1.54, 1.807) is 12.4 Å². The van der Waals surface area contributed by atoms with Crippen LogP contribution < -0.4 is 20.7 Å². The Balaban J connectivity index is 1.71. The number of aliphatic imine (C=N–C) groups is 1. The maximum atomic E-state index is 11.9. The standard InChI is InChI=1S/C21H35N5O3/c1-5-23-19(24-13-14-28-18-7-6-12-22-15-18)25-16-8-10-17(11-9-16)26-20(27)29-21(2,3)4/h6-7,12,15-17H,5,8-11,13-14H2,1-4H3,(H,26,27)(H2,23,24,25). The summed E-state index contributed by atoms with van der Waals surface area (Å²) in [4.78, 5) is 20.5. The van der Waals surface area contributed by atoms with Crippen molar-refractivity contribution in [2.24, 2.45) is 4.99 Å². The number of aromatic nitrogens is 1. The van der Waals surface area contributed by atoms with Crippen molar-refractivity contribution >= 4 is 12.1 Å². The number of carbonyl (C=O) groups excluding carboxylic acids is 1. The predicted molar refractivity (Wildman–Crippen MR) is 114 cm³/mol. The van der Waals surface area contributed by atoms with E-state index in [-0.39, 0.29) is 12.1 Å². The number of amides is 1. The van der Waals surface area contributed by atoms with Gasteiger partial charge in [-0.3, -0.25) is 4.98 Å². The van der Waals surface area contributed by atoms with E-state index in [0.29, 0.717) is 19.2 Å². The fourth-order valence-electron chi connectivity index (χ4n) is 3.12. The molecule has 1 aromatic rings. The molecule has 1 fully saturated rings. The summed E-state index contributed by atoms with van der Waals surface area (Å²) in [6, 6.07) is 4.22. The van der Waals surface area contributed by atoms with E-state index >= 15 is 0 Å². The quantitative estimate of drug-likeness (QED) is 0.367. The Hall–Kier alpha value is -2.51. The summed E-state index contributed by atoms with van der Waals surface area (Å²) in [6.45, 7) is 9.51. The van der Waals surface area contributed by atoms with Gasteiger partial charge in [-0.1, -0.05) is 0 Å². The molecule has 1 amide bonds. The molecule has 0 atom stereocenters. The first-order chi connectivity index (χ1) is 13.9. The number of nitrogens with zero attached hydrogens (tertiary/aromatic N) is 2. The molecule has 0 aliphatic heterocycles. The third-order valence-electron chi connectivity index (χ3n) is 4.40. The zero-order valence-electron chi connectivity index (χ0n) is 18.0. The van der Waals surface area contributed by atoms with Gasteiger partial charge < -0.3 is 25.4 Å². The highest BCUT2D eigenvalue weighted by Crippen LogP contribution is 2.19. The second-order valence-electron chi connectivity index (χ2n) is 8.14. The van der Waals surface area contributed by atoms with E-state index in [0.717, 1.165) is 43.9 Å². The van der Waals surface area contributed by atoms with Gasteiger partial charge in [0.15, 0.2) is 5.96 Å². The number of carbonyl (C=O) groups is 1. The highest BCUT2D eigenvalue weighted by Gasteiger charge is 2.25. The SMILES string of the molecule is CCNC(=NCCOc1cccnc1)NC1CCC(NC(=O)OC(C)(C)C)CC1. The Morgan fingerprint density at radius 3 is 2.48 bits per heavy atom. The van der Waals surface area contributed by atoms with Gasteiger partial charge in [0.05, 0.1) is 12.7 Å². The molecule has 2 rings (SSSR count). The van der Waals surface area contributed by atoms with Gasteiger partial charge in [0.25, 0.3) is 0 Å². The first-order valence-corrected chi connectivity index (χ1v) is 10.4. The Bertz CT molecular complexity index is 637. The average molecular weight is 406 g/mol. The molecular weight excluding hydrogens is 370 g/mol. The minimum absolute atomic E-state index is 0.162. The van der Waals surface area contributed by atoms with Gasteiger partial charge in [0, 0.05) is 24.8 Å². The minimum atomic E-state index is -0.471. The van der Waals surface area contributed by atoms with Crippen molar-refractivity contribution in [3.63, 3.8) is 0 Å². The number of alkyl carbamates (subject to hydrolysis) is 1. The molecule has 162 valence electrons. The molecule has 0 unspecified atom stereocenters. The van der Waals surface area contributed by atoms with Crippen LogP contribution in [0, 0.1) is 0 Å². The van der Waals surface area contributed by atoms with Crippen LogP contribution in [0.25, 0.3) is 0 Å². The van der Waals surface area contributed by atoms with Crippen LogP contribution in [0.4, 0.5) is 4.79 Å². The second kappa shape index (κ2) is 11.5. The molecule has 1 aliphatic rings. The molecule has 8 nitrogen and oxygen atoms in total. The molecule has 0 aromatic carbocycles. The lowest BCUT2D eigenvalue weighted by molar-refractivity contribution is 0.0490. The van der Waals surface area contributed by atoms with Crippen LogP contribution in [0.5, 0.6) is 5.75 Å². The highest BCUT2D eigenvalue weighted by atomic mass is 16.6. The van der Waals surface area contributed by atoms with Crippen molar-refractivity contribution < 1.29 is 14.3 Å². The Morgan fingerprint density at radius 1 is 1.21 bits per heavy atom. The van der Waals surface area contributed by atoms with Crippen LogP contribution in [0.15, 0.2) is 29.5 Å². The lowest BCUT2D eigenvalue weighted by Gasteiger charge is -2.31. The van der Waals surface area contributed by atoms with Crippen molar-refractivity contribution in [3.05, 3.63) is 24.5 Å². The molecule has 1 aliphatic carbocycles. The van der Waals surface area contributed by atoms with Gasteiger partial charge in [-0.2, -0.15) is 0 Å². The van der Waals surface area contributed by atoms with Crippen LogP contribution >= 0.6 is 0 Å². The van der Waals surface area contributed by atoms with Crippen LogP contribution in [0.1, 0.15) is 53.4 Å². The summed E-state index contributed by atoms with van der Waals surface area (Å²) in [5.41, 5.74) is -0.471. The largest absolute Gasteiger partial charge is 0.490 e. The van der Waals surface area contributed by atoms with Crippen LogP contribution in [0.3, 0.4) is 0 Å². The van der Waals surface area contributed by atoms with Gasteiger partial charge in [0.2, 0.25) is 0 Å². The van der Waals surface area contributed by atoms with Crippen molar-refractivity contribution in [3.8, 4) is 5.75 Å². The predicted octanol–water partition coefficient (Wildman–Crippen LogP) is 2.85. The first kappa shape index (κ1) is 22.8. The number of pyridine rings is 1. The zero-order chi connectivity index (χ0) is 21.1. The van der Waals surface area contributed by atoms with Crippen molar-refractivity contribution in [1.82, 2.24) is 20.9 Å². The molecule has 8 heteroatoms. The van der Waals surface area contributed by atoms with Crippen LogP contribution in [-0.4, -0.2) is 54.4 Å². The van der Waals surface area contributed by atoms with Crippen LogP contribution in [0.2, 0.25) is 0 Å². The topological polar surface area (TPSA) is 96.9 Å². The second-order valence-corrected chi connectivity index (χ2v) is 8.14. The number of guanidine groups is 1. The number of nitrogens with one attached hydrogen (secondary N) is 3. The normalized spacial score (nSPS) is 19.9. The lowest BCUT2D eigenvalue weighted by atomic mass is 9.91. The van der Waals surface area contributed by atoms with E-state index in [1.807, 2.05) is 39.8 Å². The molecule has 0 radical (unpaired) electrons. The average Bonchev–Trinajstić information content (AvgIpc) is 2.66. The molecule has 1 aromatic heterocycles. The summed E-state index contributed by atoms with van der Waals surface area (Å²) in [7, 11) is 0. The van der Waals surface area contributed by atoms with Gasteiger partial charge in [-0.25, -0.2) is 9.79 Å². The summed E-state index contributed by atoms with van der Waals surface area (Å²) >= 11 is 0. The smallest absolute Gasteiger partial charge is 0.407 e. The molecule has 1 saturated carbocycles. The van der Waals surface area contributed by atoms with Crippen LogP contribution in [-0.2, 0) is 4.74 Å². The monoisotopic (exact) mass is 405 g/mol. The zero-order valence-corrected chi connectivity index (χ0v) is 18.0. The summed E-state index contributed by atoms with van der Waals surface area (Å²) in [5, 5.41) is 9.75. The van der Waals surface area contributed by atoms with Gasteiger partial charge >= 0.3 is 6.09 Å². The fraction of sp³-hybridized carbons (Fsp3) is 0.667. The Kier molecular flexibility index (Phi) is 9.02. The lowest BCUT2D eigenvalue weighted by Crippen LogP contribution is -2.48. The Morgan fingerprint density at radius 2 is 1.90 bits per heavy atom. The number of hydrogen-bond acceptors (Lipinski definition) is 5. The molecule has 29 heavy (non-hydrogen) atoms. The maximum absolute atomic E-state index is 11.9.